The number of aryl methyl sites for hydroxylation is 1. The number of carbonyl (C=O) groups is 1. The lowest BCUT2D eigenvalue weighted by Gasteiger charge is -2.19. The van der Waals surface area contributed by atoms with Gasteiger partial charge in [-0.25, -0.2) is 9.97 Å². The van der Waals surface area contributed by atoms with E-state index >= 15 is 0 Å². The molecule has 0 saturated carbocycles. The van der Waals surface area contributed by atoms with E-state index in [-0.39, 0.29) is 11.3 Å². The minimum atomic E-state index is -0.266. The van der Waals surface area contributed by atoms with E-state index in [9.17, 15) is 4.79 Å². The molecule has 0 atom stereocenters. The number of rotatable bonds is 4. The molecule has 0 aliphatic rings. The van der Waals surface area contributed by atoms with Gasteiger partial charge >= 0.3 is 0 Å². The lowest BCUT2D eigenvalue weighted by atomic mass is 9.87. The summed E-state index contributed by atoms with van der Waals surface area (Å²) < 4.78 is 0. The Morgan fingerprint density at radius 1 is 0.963 bits per heavy atom. The van der Waals surface area contributed by atoms with Crippen molar-refractivity contribution < 1.29 is 4.79 Å². The summed E-state index contributed by atoms with van der Waals surface area (Å²) in [4.78, 5) is 21.0. The molecule has 2 aromatic carbocycles. The van der Waals surface area contributed by atoms with E-state index in [1.165, 1.54) is 5.56 Å². The van der Waals surface area contributed by atoms with Gasteiger partial charge in [0.15, 0.2) is 0 Å². The molecule has 5 nitrogen and oxygen atoms in total. The van der Waals surface area contributed by atoms with Gasteiger partial charge in [-0.2, -0.15) is 0 Å². The third kappa shape index (κ3) is 4.70. The highest BCUT2D eigenvalue weighted by molar-refractivity contribution is 6.03. The summed E-state index contributed by atoms with van der Waals surface area (Å²) >= 11 is 0. The van der Waals surface area contributed by atoms with Crippen molar-refractivity contribution >= 4 is 23.2 Å². The highest BCUT2D eigenvalue weighted by atomic mass is 16.1. The highest BCUT2D eigenvalue weighted by Crippen LogP contribution is 2.24. The van der Waals surface area contributed by atoms with E-state index in [1.54, 1.807) is 12.3 Å². The van der Waals surface area contributed by atoms with Crippen LogP contribution in [-0.4, -0.2) is 15.9 Å². The van der Waals surface area contributed by atoms with E-state index in [2.05, 4.69) is 53.5 Å². The zero-order chi connectivity index (χ0) is 19.4. The molecule has 5 heteroatoms. The first-order chi connectivity index (χ1) is 12.8. The summed E-state index contributed by atoms with van der Waals surface area (Å²) in [5.41, 5.74) is 4.30. The molecule has 0 radical (unpaired) electrons. The smallest absolute Gasteiger partial charge is 0.274 e. The van der Waals surface area contributed by atoms with E-state index in [0.717, 1.165) is 16.9 Å². The molecule has 2 N–H and O–H groups in total. The zero-order valence-electron chi connectivity index (χ0n) is 16.1. The summed E-state index contributed by atoms with van der Waals surface area (Å²) in [7, 11) is 0. The van der Waals surface area contributed by atoms with E-state index in [4.69, 9.17) is 0 Å². The first-order valence-electron chi connectivity index (χ1n) is 8.90. The number of amides is 1. The summed E-state index contributed by atoms with van der Waals surface area (Å²) in [6, 6.07) is 17.4. The van der Waals surface area contributed by atoms with Crippen LogP contribution in [0.5, 0.6) is 0 Å². The molecule has 27 heavy (non-hydrogen) atoms. The van der Waals surface area contributed by atoms with Gasteiger partial charge in [-0.1, -0.05) is 51.1 Å². The number of hydrogen-bond acceptors (Lipinski definition) is 4. The molecule has 0 bridgehead atoms. The second kappa shape index (κ2) is 7.58. The summed E-state index contributed by atoms with van der Waals surface area (Å²) in [5, 5.41) is 6.04. The number of para-hydroxylation sites is 1. The van der Waals surface area contributed by atoms with Gasteiger partial charge in [0.05, 0.1) is 0 Å². The first-order valence-corrected chi connectivity index (χ1v) is 8.90. The number of aromatic nitrogens is 2. The van der Waals surface area contributed by atoms with Crippen molar-refractivity contribution in [1.82, 2.24) is 9.97 Å². The quantitative estimate of drug-likeness (QED) is 0.681. The van der Waals surface area contributed by atoms with Gasteiger partial charge in [0, 0.05) is 17.6 Å². The van der Waals surface area contributed by atoms with E-state index in [1.807, 2.05) is 43.3 Å². The lowest BCUT2D eigenvalue weighted by Crippen LogP contribution is -2.15. The molecular weight excluding hydrogens is 336 g/mol. The van der Waals surface area contributed by atoms with Gasteiger partial charge in [-0.05, 0) is 47.7 Å². The molecule has 0 unspecified atom stereocenters. The average Bonchev–Trinajstić information content (AvgIpc) is 2.63. The van der Waals surface area contributed by atoms with Crippen LogP contribution in [-0.2, 0) is 5.41 Å². The largest absolute Gasteiger partial charge is 0.324 e. The maximum Gasteiger partial charge on any atom is 0.274 e. The normalized spacial score (nSPS) is 11.1. The Morgan fingerprint density at radius 3 is 2.33 bits per heavy atom. The molecule has 3 aromatic rings. The standard InChI is InChI=1S/C22H24N4O/c1-15-7-5-6-8-18(15)25-20(27)19-13-14-23-21(26-19)24-17-11-9-16(10-12-17)22(2,3)4/h5-14H,1-4H3,(H,25,27)(H,23,24,26). The lowest BCUT2D eigenvalue weighted by molar-refractivity contribution is 0.102. The molecule has 0 aliphatic heterocycles. The maximum absolute atomic E-state index is 12.5. The molecule has 1 amide bonds. The van der Waals surface area contributed by atoms with Crippen molar-refractivity contribution in [1.29, 1.82) is 0 Å². The average molecular weight is 360 g/mol. The van der Waals surface area contributed by atoms with Crippen LogP contribution in [0.15, 0.2) is 60.8 Å². The first kappa shape index (κ1) is 18.6. The van der Waals surface area contributed by atoms with Crippen LogP contribution in [0.1, 0.15) is 42.4 Å². The van der Waals surface area contributed by atoms with Gasteiger partial charge in [0.1, 0.15) is 5.69 Å². The van der Waals surface area contributed by atoms with Gasteiger partial charge in [-0.15, -0.1) is 0 Å². The predicted molar refractivity (Wildman–Crippen MR) is 110 cm³/mol. The Kier molecular flexibility index (Phi) is 5.21. The van der Waals surface area contributed by atoms with Crippen molar-refractivity contribution in [3.8, 4) is 0 Å². The van der Waals surface area contributed by atoms with Crippen molar-refractivity contribution in [3.63, 3.8) is 0 Å². The third-order valence-electron chi connectivity index (χ3n) is 4.29. The van der Waals surface area contributed by atoms with Crippen molar-refractivity contribution in [2.24, 2.45) is 0 Å². The number of nitrogens with one attached hydrogen (secondary N) is 2. The molecule has 1 heterocycles. The molecule has 0 fully saturated rings. The zero-order valence-corrected chi connectivity index (χ0v) is 16.1. The Morgan fingerprint density at radius 2 is 1.67 bits per heavy atom. The second-order valence-corrected chi connectivity index (χ2v) is 7.49. The van der Waals surface area contributed by atoms with Crippen LogP contribution in [0, 0.1) is 6.92 Å². The van der Waals surface area contributed by atoms with Crippen LogP contribution in [0.4, 0.5) is 17.3 Å². The Labute approximate surface area is 159 Å². The molecule has 138 valence electrons. The number of anilines is 3. The molecule has 3 rings (SSSR count). The fraction of sp³-hybridized carbons (Fsp3) is 0.227. The maximum atomic E-state index is 12.5. The monoisotopic (exact) mass is 360 g/mol. The second-order valence-electron chi connectivity index (χ2n) is 7.49. The highest BCUT2D eigenvalue weighted by Gasteiger charge is 2.13. The van der Waals surface area contributed by atoms with Gasteiger partial charge in [-0.3, -0.25) is 4.79 Å². The SMILES string of the molecule is Cc1ccccc1NC(=O)c1ccnc(Nc2ccc(C(C)(C)C)cc2)n1. The van der Waals surface area contributed by atoms with Crippen molar-refractivity contribution in [2.45, 2.75) is 33.1 Å². The van der Waals surface area contributed by atoms with E-state index in [0.29, 0.717) is 11.6 Å². The summed E-state index contributed by atoms with van der Waals surface area (Å²) in [5.74, 6) is 0.119. The Hall–Kier alpha value is -3.21. The number of benzene rings is 2. The molecule has 0 saturated heterocycles. The summed E-state index contributed by atoms with van der Waals surface area (Å²) in [6.07, 6.45) is 1.58. The molecule has 0 spiro atoms. The number of carbonyl (C=O) groups excluding carboxylic acids is 1. The fourth-order valence-corrected chi connectivity index (χ4v) is 2.63. The van der Waals surface area contributed by atoms with Crippen molar-refractivity contribution in [2.75, 3.05) is 10.6 Å². The predicted octanol–water partition coefficient (Wildman–Crippen LogP) is 5.08. The van der Waals surface area contributed by atoms with Gasteiger partial charge in [0.2, 0.25) is 5.95 Å². The molecule has 1 aromatic heterocycles. The van der Waals surface area contributed by atoms with Crippen LogP contribution in [0.2, 0.25) is 0 Å². The van der Waals surface area contributed by atoms with Crippen LogP contribution >= 0.6 is 0 Å². The Balaban J connectivity index is 1.73. The van der Waals surface area contributed by atoms with Crippen LogP contribution in [0.25, 0.3) is 0 Å². The minimum Gasteiger partial charge on any atom is -0.324 e. The van der Waals surface area contributed by atoms with Gasteiger partial charge < -0.3 is 10.6 Å². The van der Waals surface area contributed by atoms with E-state index < -0.39 is 0 Å². The minimum absolute atomic E-state index is 0.0998. The number of nitrogens with zero attached hydrogens (tertiary/aromatic N) is 2. The topological polar surface area (TPSA) is 66.9 Å². The molecular formula is C22H24N4O. The number of hydrogen-bond donors (Lipinski definition) is 2. The van der Waals surface area contributed by atoms with Crippen LogP contribution < -0.4 is 10.6 Å². The fourth-order valence-electron chi connectivity index (χ4n) is 2.63. The Bertz CT molecular complexity index is 943. The van der Waals surface area contributed by atoms with Crippen LogP contribution in [0.3, 0.4) is 0 Å². The third-order valence-corrected chi connectivity index (χ3v) is 4.29. The van der Waals surface area contributed by atoms with Gasteiger partial charge in [0.25, 0.3) is 5.91 Å². The summed E-state index contributed by atoms with van der Waals surface area (Å²) in [6.45, 7) is 8.48. The molecule has 0 aliphatic carbocycles. The van der Waals surface area contributed by atoms with Crippen molar-refractivity contribution in [3.05, 3.63) is 77.6 Å².